The molecular weight excluding hydrogens is 156 g/mol. The topological polar surface area (TPSA) is 63.4 Å². The Balaban J connectivity index is 3.98. The van der Waals surface area contributed by atoms with Crippen LogP contribution in [0.3, 0.4) is 0 Å². The van der Waals surface area contributed by atoms with E-state index in [1.807, 2.05) is 6.92 Å². The van der Waals surface area contributed by atoms with Crippen molar-refractivity contribution in [2.45, 2.75) is 13.3 Å². The first-order valence-corrected chi connectivity index (χ1v) is 3.23. The molecule has 0 aliphatic heterocycles. The third-order valence-electron chi connectivity index (χ3n) is 0.925. The SMILES string of the molecule is CCCN(C(N)=O)C(=O)Cl. The lowest BCUT2D eigenvalue weighted by Gasteiger charge is -2.12. The molecule has 0 radical (unpaired) electrons. The lowest BCUT2D eigenvalue weighted by Crippen LogP contribution is -2.37. The van der Waals surface area contributed by atoms with Crippen molar-refractivity contribution in [3.05, 3.63) is 0 Å². The molecule has 3 amide bonds. The van der Waals surface area contributed by atoms with Gasteiger partial charge in [-0.15, -0.1) is 0 Å². The summed E-state index contributed by atoms with van der Waals surface area (Å²) in [6.07, 6.45) is 0.654. The number of carbonyl (C=O) groups excluding carboxylic acids is 2. The average Bonchev–Trinajstić information content (AvgIpc) is 1.81. The number of hydrogen-bond acceptors (Lipinski definition) is 2. The Morgan fingerprint density at radius 3 is 2.20 bits per heavy atom. The number of hydrogen-bond donors (Lipinski definition) is 1. The standard InChI is InChI=1S/C5H9ClN2O2/c1-2-3-8(4(6)9)5(7)10/h2-3H2,1H3,(H2,7,10). The van der Waals surface area contributed by atoms with E-state index in [0.29, 0.717) is 6.42 Å². The molecule has 0 saturated heterocycles. The molecule has 58 valence electrons. The number of nitrogens with two attached hydrogens (primary N) is 1. The first-order chi connectivity index (χ1) is 4.59. The minimum Gasteiger partial charge on any atom is -0.351 e. The highest BCUT2D eigenvalue weighted by atomic mass is 35.5. The highest BCUT2D eigenvalue weighted by molar-refractivity contribution is 6.63. The van der Waals surface area contributed by atoms with Crippen LogP contribution >= 0.6 is 11.6 Å². The highest BCUT2D eigenvalue weighted by Crippen LogP contribution is 1.96. The van der Waals surface area contributed by atoms with E-state index in [0.717, 1.165) is 4.90 Å². The van der Waals surface area contributed by atoms with E-state index in [4.69, 9.17) is 17.3 Å². The molecule has 0 spiro atoms. The minimum atomic E-state index is -0.825. The van der Waals surface area contributed by atoms with Crippen molar-refractivity contribution >= 4 is 23.0 Å². The van der Waals surface area contributed by atoms with E-state index in [-0.39, 0.29) is 6.54 Å². The van der Waals surface area contributed by atoms with Crippen molar-refractivity contribution in [1.82, 2.24) is 4.90 Å². The second-order valence-corrected chi connectivity index (χ2v) is 2.07. The van der Waals surface area contributed by atoms with Gasteiger partial charge < -0.3 is 5.73 Å². The summed E-state index contributed by atoms with van der Waals surface area (Å²) in [5.41, 5.74) is 4.81. The van der Waals surface area contributed by atoms with Gasteiger partial charge in [0.2, 0.25) is 0 Å². The van der Waals surface area contributed by atoms with E-state index in [2.05, 4.69) is 0 Å². The maximum Gasteiger partial charge on any atom is 0.324 e. The van der Waals surface area contributed by atoms with Crippen LogP contribution in [0.4, 0.5) is 9.59 Å². The molecule has 10 heavy (non-hydrogen) atoms. The summed E-state index contributed by atoms with van der Waals surface area (Å²) < 4.78 is 0. The van der Waals surface area contributed by atoms with E-state index in [1.54, 1.807) is 0 Å². The van der Waals surface area contributed by atoms with Crippen LogP contribution in [-0.2, 0) is 0 Å². The van der Waals surface area contributed by atoms with Crippen molar-refractivity contribution in [2.24, 2.45) is 5.73 Å². The number of primary amides is 1. The number of urea groups is 1. The number of amides is 3. The van der Waals surface area contributed by atoms with Gasteiger partial charge in [0.1, 0.15) is 0 Å². The van der Waals surface area contributed by atoms with Crippen molar-refractivity contribution in [3.8, 4) is 0 Å². The molecule has 0 rings (SSSR count). The van der Waals surface area contributed by atoms with Gasteiger partial charge in [-0.2, -0.15) is 0 Å². The van der Waals surface area contributed by atoms with Crippen LogP contribution in [0.1, 0.15) is 13.3 Å². The van der Waals surface area contributed by atoms with Gasteiger partial charge in [-0.25, -0.2) is 4.79 Å². The van der Waals surface area contributed by atoms with Gasteiger partial charge in [-0.1, -0.05) is 6.92 Å². The van der Waals surface area contributed by atoms with Crippen LogP contribution in [0.2, 0.25) is 0 Å². The van der Waals surface area contributed by atoms with E-state index in [1.165, 1.54) is 0 Å². The Morgan fingerprint density at radius 2 is 2.10 bits per heavy atom. The summed E-state index contributed by atoms with van der Waals surface area (Å²) in [7, 11) is 0. The Kier molecular flexibility index (Phi) is 3.79. The number of nitrogens with zero attached hydrogens (tertiary/aromatic N) is 1. The molecule has 0 aromatic carbocycles. The quantitative estimate of drug-likeness (QED) is 0.491. The third kappa shape index (κ3) is 2.68. The molecule has 0 aromatic heterocycles. The van der Waals surface area contributed by atoms with Crippen LogP contribution in [0, 0.1) is 0 Å². The number of halogens is 1. The Bertz CT molecular complexity index is 135. The molecule has 4 nitrogen and oxygen atoms in total. The largest absolute Gasteiger partial charge is 0.351 e. The zero-order valence-corrected chi connectivity index (χ0v) is 6.39. The van der Waals surface area contributed by atoms with Gasteiger partial charge in [-0.05, 0) is 18.0 Å². The van der Waals surface area contributed by atoms with Crippen molar-refractivity contribution in [2.75, 3.05) is 6.54 Å². The fraction of sp³-hybridized carbons (Fsp3) is 0.600. The van der Waals surface area contributed by atoms with Crippen LogP contribution in [0.5, 0.6) is 0 Å². The van der Waals surface area contributed by atoms with Gasteiger partial charge in [0.05, 0.1) is 0 Å². The van der Waals surface area contributed by atoms with E-state index < -0.39 is 11.4 Å². The molecule has 2 N–H and O–H groups in total. The minimum absolute atomic E-state index is 0.275. The molecule has 0 atom stereocenters. The fourth-order valence-corrected chi connectivity index (χ4v) is 0.676. The maximum atomic E-state index is 10.4. The summed E-state index contributed by atoms with van der Waals surface area (Å²) >= 11 is 5.00. The number of imide groups is 1. The number of rotatable bonds is 2. The first kappa shape index (κ1) is 9.23. The van der Waals surface area contributed by atoms with Gasteiger partial charge >= 0.3 is 11.4 Å². The zero-order valence-electron chi connectivity index (χ0n) is 5.63. The molecule has 0 aromatic rings. The van der Waals surface area contributed by atoms with Crippen molar-refractivity contribution in [1.29, 1.82) is 0 Å². The van der Waals surface area contributed by atoms with Crippen LogP contribution in [-0.4, -0.2) is 22.8 Å². The van der Waals surface area contributed by atoms with E-state index in [9.17, 15) is 9.59 Å². The molecule has 0 bridgehead atoms. The van der Waals surface area contributed by atoms with Gasteiger partial charge in [-0.3, -0.25) is 9.69 Å². The first-order valence-electron chi connectivity index (χ1n) is 2.86. The Hall–Kier alpha value is -0.770. The highest BCUT2D eigenvalue weighted by Gasteiger charge is 2.13. The molecule has 0 saturated carbocycles. The summed E-state index contributed by atoms with van der Waals surface area (Å²) in [6, 6.07) is -0.804. The maximum absolute atomic E-state index is 10.4. The Morgan fingerprint density at radius 1 is 1.60 bits per heavy atom. The lowest BCUT2D eigenvalue weighted by molar-refractivity contribution is 0.205. The number of carbonyl (C=O) groups is 2. The predicted octanol–water partition coefficient (Wildman–Crippen LogP) is 1.14. The van der Waals surface area contributed by atoms with Crippen LogP contribution in [0.25, 0.3) is 0 Å². The fourth-order valence-electron chi connectivity index (χ4n) is 0.508. The second kappa shape index (κ2) is 4.11. The monoisotopic (exact) mass is 164 g/mol. The Labute approximate surface area is 63.9 Å². The predicted molar refractivity (Wildman–Crippen MR) is 37.8 cm³/mol. The van der Waals surface area contributed by atoms with Crippen molar-refractivity contribution in [3.63, 3.8) is 0 Å². The molecule has 0 aliphatic carbocycles. The van der Waals surface area contributed by atoms with Gasteiger partial charge in [0.15, 0.2) is 0 Å². The van der Waals surface area contributed by atoms with Crippen LogP contribution < -0.4 is 5.73 Å². The van der Waals surface area contributed by atoms with Gasteiger partial charge in [0.25, 0.3) is 0 Å². The summed E-state index contributed by atoms with van der Waals surface area (Å²) in [6.45, 7) is 2.09. The molecule has 0 aliphatic rings. The molecule has 0 unspecified atom stereocenters. The summed E-state index contributed by atoms with van der Waals surface area (Å²) in [4.78, 5) is 21.5. The molecular formula is C5H9ClN2O2. The molecule has 0 heterocycles. The van der Waals surface area contributed by atoms with E-state index >= 15 is 0 Å². The van der Waals surface area contributed by atoms with Gasteiger partial charge in [0, 0.05) is 6.54 Å². The normalized spacial score (nSPS) is 9.00. The summed E-state index contributed by atoms with van der Waals surface area (Å²) in [5, 5.41) is -0.825. The second-order valence-electron chi connectivity index (χ2n) is 1.74. The average molecular weight is 165 g/mol. The van der Waals surface area contributed by atoms with Crippen LogP contribution in [0.15, 0.2) is 0 Å². The summed E-state index contributed by atoms with van der Waals surface area (Å²) in [5.74, 6) is 0. The smallest absolute Gasteiger partial charge is 0.324 e. The zero-order chi connectivity index (χ0) is 8.15. The molecule has 5 heteroatoms. The third-order valence-corrected chi connectivity index (χ3v) is 1.13. The lowest BCUT2D eigenvalue weighted by atomic mass is 10.4. The van der Waals surface area contributed by atoms with Crippen molar-refractivity contribution < 1.29 is 9.59 Å². The molecule has 0 fully saturated rings.